The summed E-state index contributed by atoms with van der Waals surface area (Å²) in [6, 6.07) is 5.57. The van der Waals surface area contributed by atoms with Crippen molar-refractivity contribution >= 4 is 17.5 Å². The van der Waals surface area contributed by atoms with Crippen LogP contribution in [0.4, 0.5) is 0 Å². The monoisotopic (exact) mass is 499 g/mol. The van der Waals surface area contributed by atoms with Crippen molar-refractivity contribution in [3.05, 3.63) is 28.8 Å². The molecule has 196 valence electrons. The van der Waals surface area contributed by atoms with Gasteiger partial charge in [0.2, 0.25) is 5.91 Å². The topological polar surface area (TPSA) is 97.1 Å². The van der Waals surface area contributed by atoms with Crippen molar-refractivity contribution in [2.45, 2.75) is 85.2 Å². The Morgan fingerprint density at radius 2 is 1.85 bits per heavy atom. The second kappa shape index (κ2) is 15.6. The molecule has 0 radical (unpaired) electrons. The molecule has 1 amide bonds. The number of rotatable bonds is 16. The average molecular weight is 500 g/mol. The highest BCUT2D eigenvalue weighted by Crippen LogP contribution is 2.27. The van der Waals surface area contributed by atoms with Crippen LogP contribution in [0.25, 0.3) is 0 Å². The summed E-state index contributed by atoms with van der Waals surface area (Å²) in [5.74, 6) is 0.443. The second-order valence-electron chi connectivity index (χ2n) is 9.96. The van der Waals surface area contributed by atoms with Gasteiger partial charge in [0, 0.05) is 57.3 Å². The minimum absolute atomic E-state index is 0.0313. The van der Waals surface area contributed by atoms with E-state index in [1.807, 2.05) is 45.9 Å². The standard InChI is InChI=1S/C26H46ClN3O4/c1-17(2)21(26(32)29-18(3)4)14-24(31)23(28)16-30(19(5)6)15-20-9-10-22(27)25(13-20)34-12-8-11-33-7/h9-10,13,17-19,21,23-24,31H,8,11-12,14-16,28H2,1-7H3,(H,29,32)/t21-,23-,24-/m0/s1. The number of halogens is 1. The summed E-state index contributed by atoms with van der Waals surface area (Å²) in [7, 11) is 1.67. The van der Waals surface area contributed by atoms with Crippen LogP contribution < -0.4 is 15.8 Å². The number of aliphatic hydroxyl groups excluding tert-OH is 1. The molecule has 0 fully saturated rings. The van der Waals surface area contributed by atoms with Gasteiger partial charge in [0.15, 0.2) is 0 Å². The number of carbonyl (C=O) groups is 1. The summed E-state index contributed by atoms with van der Waals surface area (Å²) < 4.78 is 10.9. The lowest BCUT2D eigenvalue weighted by Gasteiger charge is -2.33. The van der Waals surface area contributed by atoms with Gasteiger partial charge in [0.25, 0.3) is 0 Å². The summed E-state index contributed by atoms with van der Waals surface area (Å²) >= 11 is 6.31. The van der Waals surface area contributed by atoms with Crippen LogP contribution in [-0.4, -0.2) is 67.0 Å². The van der Waals surface area contributed by atoms with Crippen LogP contribution in [-0.2, 0) is 16.1 Å². The molecule has 4 N–H and O–H groups in total. The molecule has 0 aliphatic rings. The Balaban J connectivity index is 2.81. The first-order valence-electron chi connectivity index (χ1n) is 12.3. The van der Waals surface area contributed by atoms with Gasteiger partial charge < -0.3 is 25.6 Å². The fraction of sp³-hybridized carbons (Fsp3) is 0.731. The van der Waals surface area contributed by atoms with E-state index in [0.717, 1.165) is 12.0 Å². The normalized spacial score (nSPS) is 14.6. The third-order valence-electron chi connectivity index (χ3n) is 5.87. The van der Waals surface area contributed by atoms with E-state index in [-0.39, 0.29) is 29.8 Å². The van der Waals surface area contributed by atoms with E-state index < -0.39 is 12.1 Å². The number of nitrogens with one attached hydrogen (secondary N) is 1. The van der Waals surface area contributed by atoms with Crippen LogP contribution in [0.15, 0.2) is 18.2 Å². The third-order valence-corrected chi connectivity index (χ3v) is 6.18. The van der Waals surface area contributed by atoms with Crippen LogP contribution in [0.2, 0.25) is 5.02 Å². The number of nitrogens with two attached hydrogens (primary N) is 1. The van der Waals surface area contributed by atoms with Crippen LogP contribution in [0.1, 0.15) is 59.9 Å². The number of hydrogen-bond donors (Lipinski definition) is 3. The minimum atomic E-state index is -0.781. The van der Waals surface area contributed by atoms with E-state index in [1.165, 1.54) is 0 Å². The maximum absolute atomic E-state index is 12.6. The number of ether oxygens (including phenoxy) is 2. The van der Waals surface area contributed by atoms with Crippen LogP contribution in [0, 0.1) is 11.8 Å². The van der Waals surface area contributed by atoms with Crippen molar-refractivity contribution in [2.75, 3.05) is 26.9 Å². The summed E-state index contributed by atoms with van der Waals surface area (Å²) in [5.41, 5.74) is 7.48. The van der Waals surface area contributed by atoms with E-state index in [4.69, 9.17) is 26.8 Å². The van der Waals surface area contributed by atoms with E-state index in [9.17, 15) is 9.90 Å². The highest BCUT2D eigenvalue weighted by molar-refractivity contribution is 6.32. The highest BCUT2D eigenvalue weighted by Gasteiger charge is 2.29. The van der Waals surface area contributed by atoms with E-state index in [1.54, 1.807) is 7.11 Å². The smallest absolute Gasteiger partial charge is 0.223 e. The first-order valence-corrected chi connectivity index (χ1v) is 12.7. The molecule has 34 heavy (non-hydrogen) atoms. The second-order valence-corrected chi connectivity index (χ2v) is 10.4. The quantitative estimate of drug-likeness (QED) is 0.299. The molecule has 0 saturated carbocycles. The zero-order valence-corrected chi connectivity index (χ0v) is 22.8. The molecule has 0 saturated heterocycles. The van der Waals surface area contributed by atoms with Crippen LogP contribution in [0.3, 0.4) is 0 Å². The van der Waals surface area contributed by atoms with Gasteiger partial charge in [-0.3, -0.25) is 9.69 Å². The number of hydrogen-bond acceptors (Lipinski definition) is 6. The Labute approximate surface area is 211 Å². The number of carbonyl (C=O) groups excluding carboxylic acids is 1. The SMILES string of the molecule is COCCCOc1cc(CN(C[C@H](N)[C@@H](O)C[C@H](C(=O)NC(C)C)C(C)C)C(C)C)ccc1Cl. The van der Waals surface area contributed by atoms with E-state index >= 15 is 0 Å². The minimum Gasteiger partial charge on any atom is -0.492 e. The molecule has 0 aliphatic carbocycles. The lowest BCUT2D eigenvalue weighted by molar-refractivity contribution is -0.128. The number of amides is 1. The molecule has 1 rings (SSSR count). The summed E-state index contributed by atoms with van der Waals surface area (Å²) in [6.07, 6.45) is 0.342. The molecule has 0 bridgehead atoms. The number of aliphatic hydroxyl groups is 1. The Morgan fingerprint density at radius 1 is 1.18 bits per heavy atom. The van der Waals surface area contributed by atoms with Gasteiger partial charge in [0.05, 0.1) is 17.7 Å². The summed E-state index contributed by atoms with van der Waals surface area (Å²) in [4.78, 5) is 14.8. The Bertz CT molecular complexity index is 730. The Morgan fingerprint density at radius 3 is 2.41 bits per heavy atom. The molecular weight excluding hydrogens is 454 g/mol. The largest absolute Gasteiger partial charge is 0.492 e. The van der Waals surface area contributed by atoms with Gasteiger partial charge in [-0.2, -0.15) is 0 Å². The van der Waals surface area contributed by atoms with Gasteiger partial charge in [-0.25, -0.2) is 0 Å². The Hall–Kier alpha value is -1.38. The van der Waals surface area contributed by atoms with Gasteiger partial charge in [-0.1, -0.05) is 31.5 Å². The fourth-order valence-corrected chi connectivity index (χ4v) is 3.91. The molecule has 3 atom stereocenters. The van der Waals surface area contributed by atoms with Crippen molar-refractivity contribution in [1.82, 2.24) is 10.2 Å². The molecule has 1 aromatic carbocycles. The molecular formula is C26H46ClN3O4. The van der Waals surface area contributed by atoms with Crippen molar-refractivity contribution in [3.63, 3.8) is 0 Å². The van der Waals surface area contributed by atoms with Crippen molar-refractivity contribution < 1.29 is 19.4 Å². The third kappa shape index (κ3) is 10.9. The van der Waals surface area contributed by atoms with Gasteiger partial charge in [0.1, 0.15) is 5.75 Å². The average Bonchev–Trinajstić information content (AvgIpc) is 2.75. The van der Waals surface area contributed by atoms with Crippen molar-refractivity contribution in [1.29, 1.82) is 0 Å². The summed E-state index contributed by atoms with van der Waals surface area (Å²) in [6.45, 7) is 14.4. The van der Waals surface area contributed by atoms with Gasteiger partial charge >= 0.3 is 0 Å². The molecule has 8 heteroatoms. The number of methoxy groups -OCH3 is 1. The molecule has 0 spiro atoms. The summed E-state index contributed by atoms with van der Waals surface area (Å²) in [5, 5.41) is 14.4. The predicted octanol–water partition coefficient (Wildman–Crippen LogP) is 3.84. The van der Waals surface area contributed by atoms with Crippen molar-refractivity contribution in [3.8, 4) is 5.75 Å². The number of benzene rings is 1. The zero-order valence-electron chi connectivity index (χ0n) is 22.0. The molecule has 0 unspecified atom stereocenters. The lowest BCUT2D eigenvalue weighted by atomic mass is 9.87. The number of nitrogens with zero attached hydrogens (tertiary/aromatic N) is 1. The highest BCUT2D eigenvalue weighted by atomic mass is 35.5. The molecule has 0 aliphatic heterocycles. The molecule has 0 heterocycles. The molecule has 0 aromatic heterocycles. The first-order chi connectivity index (χ1) is 16.0. The fourth-order valence-electron chi connectivity index (χ4n) is 3.74. The zero-order chi connectivity index (χ0) is 25.8. The maximum Gasteiger partial charge on any atom is 0.223 e. The lowest BCUT2D eigenvalue weighted by Crippen LogP contribution is -2.49. The van der Waals surface area contributed by atoms with E-state index in [2.05, 4.69) is 24.1 Å². The molecule has 7 nitrogen and oxygen atoms in total. The van der Waals surface area contributed by atoms with E-state index in [0.29, 0.717) is 43.5 Å². The van der Waals surface area contributed by atoms with Crippen LogP contribution in [0.5, 0.6) is 5.75 Å². The first kappa shape index (κ1) is 30.7. The van der Waals surface area contributed by atoms with Crippen molar-refractivity contribution in [2.24, 2.45) is 17.6 Å². The Kier molecular flexibility index (Phi) is 14.0. The predicted molar refractivity (Wildman–Crippen MR) is 139 cm³/mol. The van der Waals surface area contributed by atoms with Crippen LogP contribution >= 0.6 is 11.6 Å². The maximum atomic E-state index is 12.6. The molecule has 1 aromatic rings. The van der Waals surface area contributed by atoms with Gasteiger partial charge in [-0.05, 0) is 57.7 Å². The van der Waals surface area contributed by atoms with Gasteiger partial charge in [-0.15, -0.1) is 0 Å².